The normalized spacial score (nSPS) is 10.9. The second-order valence-electron chi connectivity index (χ2n) is 5.10. The molecule has 0 unspecified atom stereocenters. The number of aromatic nitrogens is 1. The molecule has 0 spiro atoms. The third kappa shape index (κ3) is 2.30. The summed E-state index contributed by atoms with van der Waals surface area (Å²) < 4.78 is 5.71. The molecule has 0 amide bonds. The van der Waals surface area contributed by atoms with Gasteiger partial charge in [-0.05, 0) is 22.9 Å². The summed E-state index contributed by atoms with van der Waals surface area (Å²) in [6, 6.07) is 15.6. The van der Waals surface area contributed by atoms with Crippen LogP contribution in [0.15, 0.2) is 52.3 Å². The highest BCUT2D eigenvalue weighted by Crippen LogP contribution is 2.29. The highest BCUT2D eigenvalue weighted by atomic mass is 32.1. The van der Waals surface area contributed by atoms with E-state index >= 15 is 0 Å². The van der Waals surface area contributed by atoms with Gasteiger partial charge in [0.1, 0.15) is 16.3 Å². The van der Waals surface area contributed by atoms with Crippen LogP contribution in [0.1, 0.15) is 21.3 Å². The van der Waals surface area contributed by atoms with Crippen LogP contribution in [0.5, 0.6) is 0 Å². The van der Waals surface area contributed by atoms with Crippen LogP contribution in [0.25, 0.3) is 21.7 Å². The minimum atomic E-state index is -0.259. The van der Waals surface area contributed by atoms with E-state index in [0.717, 1.165) is 16.2 Å². The Morgan fingerprint density at radius 3 is 2.96 bits per heavy atom. The van der Waals surface area contributed by atoms with Crippen molar-refractivity contribution in [2.75, 3.05) is 0 Å². The zero-order chi connectivity index (χ0) is 15.8. The Morgan fingerprint density at radius 1 is 1.22 bits per heavy atom. The average Bonchev–Trinajstić information content (AvgIpc) is 3.21. The molecule has 0 aliphatic rings. The summed E-state index contributed by atoms with van der Waals surface area (Å²) in [6.07, 6.45) is 0.211. The summed E-state index contributed by atoms with van der Waals surface area (Å²) in [6.45, 7) is 0. The Hall–Kier alpha value is -2.97. The van der Waals surface area contributed by atoms with Gasteiger partial charge in [-0.25, -0.2) is 4.98 Å². The predicted octanol–water partition coefficient (Wildman–Crippen LogP) is 4.34. The number of rotatable bonds is 3. The van der Waals surface area contributed by atoms with E-state index < -0.39 is 0 Å². The fourth-order valence-corrected chi connectivity index (χ4v) is 3.30. The number of carbonyl (C=O) groups excluding carboxylic acids is 1. The van der Waals surface area contributed by atoms with Crippen LogP contribution in [0, 0.1) is 11.3 Å². The van der Waals surface area contributed by atoms with E-state index in [1.165, 1.54) is 11.3 Å². The van der Waals surface area contributed by atoms with Crippen molar-refractivity contribution >= 4 is 38.9 Å². The summed E-state index contributed by atoms with van der Waals surface area (Å²) in [5, 5.41) is 14.1. The Kier molecular flexibility index (Phi) is 3.18. The summed E-state index contributed by atoms with van der Waals surface area (Å²) in [5.41, 5.74) is 1.00. The Balaban J connectivity index is 1.80. The average molecular weight is 318 g/mol. The minimum absolute atomic E-state index is 0.211. The van der Waals surface area contributed by atoms with Crippen molar-refractivity contribution in [1.29, 1.82) is 5.26 Å². The van der Waals surface area contributed by atoms with Crippen LogP contribution in [0.3, 0.4) is 0 Å². The van der Waals surface area contributed by atoms with Crippen molar-refractivity contribution < 1.29 is 9.21 Å². The number of ketones is 1. The molecule has 0 radical (unpaired) electrons. The van der Waals surface area contributed by atoms with Crippen molar-refractivity contribution in [1.82, 2.24) is 4.98 Å². The molecule has 4 aromatic rings. The third-order valence-electron chi connectivity index (χ3n) is 3.66. The molecule has 0 N–H and O–H groups in total. The molecular weight excluding hydrogens is 308 g/mol. The number of nitriles is 1. The second-order valence-corrected chi connectivity index (χ2v) is 6.04. The van der Waals surface area contributed by atoms with Crippen LogP contribution >= 0.6 is 11.3 Å². The molecule has 4 nitrogen and oxygen atoms in total. The van der Waals surface area contributed by atoms with E-state index in [4.69, 9.17) is 9.68 Å². The van der Waals surface area contributed by atoms with Crippen LogP contribution in [0.4, 0.5) is 0 Å². The van der Waals surface area contributed by atoms with Crippen LogP contribution < -0.4 is 0 Å². The van der Waals surface area contributed by atoms with Gasteiger partial charge in [-0.3, -0.25) is 4.79 Å². The number of furan rings is 1. The first-order valence-corrected chi connectivity index (χ1v) is 7.91. The fraction of sp³-hybridized carbons (Fsp3) is 0.0556. The minimum Gasteiger partial charge on any atom is -0.452 e. The maximum atomic E-state index is 12.5. The summed E-state index contributed by atoms with van der Waals surface area (Å²) in [7, 11) is 0. The number of carbonyl (C=O) groups is 1. The van der Waals surface area contributed by atoms with Gasteiger partial charge in [0.15, 0.2) is 5.76 Å². The molecule has 4 rings (SSSR count). The van der Waals surface area contributed by atoms with E-state index in [0.29, 0.717) is 16.3 Å². The number of fused-ring (bicyclic) bond motifs is 3. The zero-order valence-electron chi connectivity index (χ0n) is 11.9. The fourth-order valence-electron chi connectivity index (χ4n) is 2.59. The molecular formula is C18H10N2O2S. The first kappa shape index (κ1) is 13.7. The van der Waals surface area contributed by atoms with E-state index in [1.807, 2.05) is 42.5 Å². The smallest absolute Gasteiger partial charge is 0.247 e. The lowest BCUT2D eigenvalue weighted by Gasteiger charge is -1.96. The van der Waals surface area contributed by atoms with Crippen molar-refractivity contribution in [2.24, 2.45) is 0 Å². The van der Waals surface area contributed by atoms with Crippen molar-refractivity contribution in [3.05, 3.63) is 64.3 Å². The number of hydrogen-bond acceptors (Lipinski definition) is 5. The second kappa shape index (κ2) is 5.34. The quantitative estimate of drug-likeness (QED) is 0.527. The van der Waals surface area contributed by atoms with Gasteiger partial charge in [0.2, 0.25) is 5.78 Å². The third-order valence-corrected chi connectivity index (χ3v) is 4.51. The molecule has 0 fully saturated rings. The maximum Gasteiger partial charge on any atom is 0.247 e. The standard InChI is InChI=1S/C18H10N2O2S/c19-8-7-17-20-14(10-23-17)18(21)16-9-13-12-4-2-1-3-11(12)5-6-15(13)22-16/h1-6,9-10H,7H2. The van der Waals surface area contributed by atoms with Gasteiger partial charge in [-0.2, -0.15) is 5.26 Å². The molecule has 2 aromatic carbocycles. The van der Waals surface area contributed by atoms with Gasteiger partial charge < -0.3 is 4.42 Å². The van der Waals surface area contributed by atoms with Crippen LogP contribution in [0.2, 0.25) is 0 Å². The number of thiazole rings is 1. The Morgan fingerprint density at radius 2 is 2.09 bits per heavy atom. The van der Waals surface area contributed by atoms with E-state index in [1.54, 1.807) is 11.4 Å². The summed E-state index contributed by atoms with van der Waals surface area (Å²) in [5.74, 6) is 0.0101. The molecule has 0 bridgehead atoms. The van der Waals surface area contributed by atoms with E-state index in [-0.39, 0.29) is 18.0 Å². The Labute approximate surface area is 135 Å². The molecule has 0 aliphatic carbocycles. The molecule has 5 heteroatoms. The summed E-state index contributed by atoms with van der Waals surface area (Å²) >= 11 is 1.31. The van der Waals surface area contributed by atoms with E-state index in [2.05, 4.69) is 4.98 Å². The first-order chi connectivity index (χ1) is 11.3. The topological polar surface area (TPSA) is 66.9 Å². The van der Waals surface area contributed by atoms with Gasteiger partial charge in [-0.1, -0.05) is 30.3 Å². The van der Waals surface area contributed by atoms with Gasteiger partial charge in [0.25, 0.3) is 0 Å². The first-order valence-electron chi connectivity index (χ1n) is 7.03. The van der Waals surface area contributed by atoms with Gasteiger partial charge >= 0.3 is 0 Å². The highest BCUT2D eigenvalue weighted by Gasteiger charge is 2.18. The molecule has 23 heavy (non-hydrogen) atoms. The van der Waals surface area contributed by atoms with Crippen molar-refractivity contribution in [3.8, 4) is 6.07 Å². The van der Waals surface area contributed by atoms with Gasteiger partial charge in [-0.15, -0.1) is 11.3 Å². The molecule has 0 atom stereocenters. The van der Waals surface area contributed by atoms with E-state index in [9.17, 15) is 4.79 Å². The molecule has 110 valence electrons. The maximum absolute atomic E-state index is 12.5. The SMILES string of the molecule is N#CCc1nc(C(=O)c2cc3c(ccc4ccccc43)o2)cs1. The van der Waals surface area contributed by atoms with Crippen molar-refractivity contribution in [3.63, 3.8) is 0 Å². The molecule has 2 heterocycles. The molecule has 2 aromatic heterocycles. The van der Waals surface area contributed by atoms with Crippen LogP contribution in [-0.4, -0.2) is 10.8 Å². The van der Waals surface area contributed by atoms with Gasteiger partial charge in [0.05, 0.1) is 12.5 Å². The van der Waals surface area contributed by atoms with Gasteiger partial charge in [0, 0.05) is 10.8 Å². The number of benzene rings is 2. The molecule has 0 aliphatic heterocycles. The largest absolute Gasteiger partial charge is 0.452 e. The number of nitrogens with zero attached hydrogens (tertiary/aromatic N) is 2. The highest BCUT2D eigenvalue weighted by molar-refractivity contribution is 7.09. The zero-order valence-corrected chi connectivity index (χ0v) is 12.8. The lowest BCUT2D eigenvalue weighted by Crippen LogP contribution is -2.00. The molecule has 0 saturated carbocycles. The lowest BCUT2D eigenvalue weighted by atomic mass is 10.1. The summed E-state index contributed by atoms with van der Waals surface area (Å²) in [4.78, 5) is 16.7. The predicted molar refractivity (Wildman–Crippen MR) is 88.6 cm³/mol. The molecule has 0 saturated heterocycles. The van der Waals surface area contributed by atoms with Crippen molar-refractivity contribution in [2.45, 2.75) is 6.42 Å². The monoisotopic (exact) mass is 318 g/mol. The Bertz CT molecular complexity index is 1090. The lowest BCUT2D eigenvalue weighted by molar-refractivity contribution is 0.101. The number of hydrogen-bond donors (Lipinski definition) is 0. The van der Waals surface area contributed by atoms with Crippen LogP contribution in [-0.2, 0) is 6.42 Å².